The second-order valence-electron chi connectivity index (χ2n) is 10.9. The van der Waals surface area contributed by atoms with Crippen LogP contribution in [0.15, 0.2) is 78.9 Å². The molecule has 0 amide bonds. The summed E-state index contributed by atoms with van der Waals surface area (Å²) in [6.45, 7) is 12.8. The highest BCUT2D eigenvalue weighted by molar-refractivity contribution is 6.62. The summed E-state index contributed by atoms with van der Waals surface area (Å²) in [4.78, 5) is 0. The van der Waals surface area contributed by atoms with Gasteiger partial charge >= 0.3 is 7.12 Å². The molecular formula is C32H31BO2. The van der Waals surface area contributed by atoms with Gasteiger partial charge in [0.1, 0.15) is 0 Å². The third-order valence-electron chi connectivity index (χ3n) is 8.17. The summed E-state index contributed by atoms with van der Waals surface area (Å²) in [6.07, 6.45) is 0. The second-order valence-corrected chi connectivity index (χ2v) is 10.9. The zero-order valence-electron chi connectivity index (χ0n) is 21.4. The average Bonchev–Trinajstić information content (AvgIpc) is 3.06. The Hall–Kier alpha value is -3.14. The van der Waals surface area contributed by atoms with Gasteiger partial charge in [-0.25, -0.2) is 0 Å². The fraction of sp³-hybridized carbons (Fsp3) is 0.250. The van der Waals surface area contributed by atoms with Crippen molar-refractivity contribution in [1.82, 2.24) is 0 Å². The molecule has 1 aliphatic rings. The molecule has 0 aliphatic carbocycles. The second kappa shape index (κ2) is 7.68. The van der Waals surface area contributed by atoms with Gasteiger partial charge in [0.25, 0.3) is 0 Å². The van der Waals surface area contributed by atoms with Crippen molar-refractivity contribution in [3.8, 4) is 11.1 Å². The molecule has 1 aliphatic heterocycles. The van der Waals surface area contributed by atoms with Crippen LogP contribution in [0.2, 0.25) is 0 Å². The molecule has 2 nitrogen and oxygen atoms in total. The predicted molar refractivity (Wildman–Crippen MR) is 150 cm³/mol. The summed E-state index contributed by atoms with van der Waals surface area (Å²) < 4.78 is 12.8. The van der Waals surface area contributed by atoms with Gasteiger partial charge in [0.2, 0.25) is 0 Å². The van der Waals surface area contributed by atoms with Crippen LogP contribution in [-0.4, -0.2) is 18.3 Å². The maximum atomic E-state index is 6.40. The molecular weight excluding hydrogens is 427 g/mol. The van der Waals surface area contributed by atoms with Crippen molar-refractivity contribution < 1.29 is 9.31 Å². The van der Waals surface area contributed by atoms with Crippen LogP contribution < -0.4 is 5.46 Å². The van der Waals surface area contributed by atoms with Crippen LogP contribution in [-0.2, 0) is 9.31 Å². The maximum absolute atomic E-state index is 6.40. The van der Waals surface area contributed by atoms with E-state index in [1.54, 1.807) is 0 Å². The summed E-state index contributed by atoms with van der Waals surface area (Å²) in [5.41, 5.74) is 5.52. The standard InChI is InChI=1S/C32H31BO2/c1-20-11-7-8-12-23(20)29-21(2)15-17-26-24-13-9-10-14-25(24)28-19-22(16-18-27(28)30(26)29)33-34-31(3,4)32(5,6)35-33/h7-19H,1-6H3. The van der Waals surface area contributed by atoms with Crippen LogP contribution in [0.5, 0.6) is 0 Å². The Labute approximate surface area is 208 Å². The lowest BCUT2D eigenvalue weighted by Gasteiger charge is -2.32. The maximum Gasteiger partial charge on any atom is 0.494 e. The van der Waals surface area contributed by atoms with Gasteiger partial charge in [0, 0.05) is 0 Å². The third-order valence-corrected chi connectivity index (χ3v) is 8.17. The number of hydrogen-bond donors (Lipinski definition) is 0. The van der Waals surface area contributed by atoms with Crippen LogP contribution in [0.4, 0.5) is 0 Å². The molecule has 0 aromatic heterocycles. The van der Waals surface area contributed by atoms with Crippen LogP contribution in [0.1, 0.15) is 38.8 Å². The first-order valence-corrected chi connectivity index (χ1v) is 12.5. The highest BCUT2D eigenvalue weighted by atomic mass is 16.7. The Bertz CT molecular complexity index is 1610. The normalized spacial score (nSPS) is 17.0. The lowest BCUT2D eigenvalue weighted by atomic mass is 9.77. The van der Waals surface area contributed by atoms with Gasteiger partial charge in [0.05, 0.1) is 11.2 Å². The molecule has 0 spiro atoms. The molecule has 0 atom stereocenters. The SMILES string of the molecule is Cc1ccccc1-c1c(C)ccc2c3ccccc3c3cc(B4OC(C)(C)C(C)(C)O4)ccc3c12. The highest BCUT2D eigenvalue weighted by Gasteiger charge is 2.51. The van der Waals surface area contributed by atoms with Gasteiger partial charge in [-0.05, 0) is 102 Å². The minimum Gasteiger partial charge on any atom is -0.399 e. The molecule has 35 heavy (non-hydrogen) atoms. The first kappa shape index (κ1) is 22.3. The van der Waals surface area contributed by atoms with Crippen molar-refractivity contribution >= 4 is 44.9 Å². The minimum atomic E-state index is -0.382. The van der Waals surface area contributed by atoms with E-state index in [0.29, 0.717) is 0 Å². The Morgan fingerprint density at radius 3 is 1.83 bits per heavy atom. The van der Waals surface area contributed by atoms with Gasteiger partial charge in [-0.15, -0.1) is 0 Å². The van der Waals surface area contributed by atoms with Crippen molar-refractivity contribution in [3.05, 3.63) is 90.0 Å². The van der Waals surface area contributed by atoms with E-state index in [-0.39, 0.29) is 18.3 Å². The van der Waals surface area contributed by atoms with Crippen molar-refractivity contribution in [2.75, 3.05) is 0 Å². The molecule has 0 bridgehead atoms. The summed E-state index contributed by atoms with van der Waals surface area (Å²) in [6, 6.07) is 28.7. The molecule has 1 fully saturated rings. The number of fused-ring (bicyclic) bond motifs is 6. The number of rotatable bonds is 2. The summed E-state index contributed by atoms with van der Waals surface area (Å²) in [7, 11) is -0.382. The Kier molecular flexibility index (Phi) is 4.90. The van der Waals surface area contributed by atoms with Gasteiger partial charge in [-0.3, -0.25) is 0 Å². The van der Waals surface area contributed by atoms with Crippen molar-refractivity contribution in [2.24, 2.45) is 0 Å². The molecule has 0 N–H and O–H groups in total. The fourth-order valence-electron chi connectivity index (χ4n) is 5.49. The molecule has 1 saturated heterocycles. The van der Waals surface area contributed by atoms with Gasteiger partial charge in [0.15, 0.2) is 0 Å². The molecule has 1 heterocycles. The van der Waals surface area contributed by atoms with E-state index in [0.717, 1.165) is 5.46 Å². The average molecular weight is 458 g/mol. The summed E-state index contributed by atoms with van der Waals surface area (Å²) in [5, 5.41) is 7.64. The molecule has 5 aromatic carbocycles. The van der Waals surface area contributed by atoms with Crippen LogP contribution in [0.25, 0.3) is 43.4 Å². The molecule has 174 valence electrons. The van der Waals surface area contributed by atoms with E-state index in [1.165, 1.54) is 54.6 Å². The number of hydrogen-bond acceptors (Lipinski definition) is 2. The zero-order valence-corrected chi connectivity index (χ0v) is 21.4. The molecule has 6 rings (SSSR count). The minimum absolute atomic E-state index is 0.368. The molecule has 0 saturated carbocycles. The fourth-order valence-corrected chi connectivity index (χ4v) is 5.49. The smallest absolute Gasteiger partial charge is 0.399 e. The quantitative estimate of drug-likeness (QED) is 0.199. The van der Waals surface area contributed by atoms with E-state index in [4.69, 9.17) is 9.31 Å². The van der Waals surface area contributed by atoms with E-state index in [1.807, 2.05) is 0 Å². The molecule has 0 unspecified atom stereocenters. The summed E-state index contributed by atoms with van der Waals surface area (Å²) in [5.74, 6) is 0. The van der Waals surface area contributed by atoms with E-state index >= 15 is 0 Å². The zero-order chi connectivity index (χ0) is 24.5. The Balaban J connectivity index is 1.70. The van der Waals surface area contributed by atoms with E-state index < -0.39 is 0 Å². The van der Waals surface area contributed by atoms with Crippen molar-refractivity contribution in [1.29, 1.82) is 0 Å². The molecule has 3 heteroatoms. The topological polar surface area (TPSA) is 18.5 Å². The Morgan fingerprint density at radius 2 is 1.14 bits per heavy atom. The van der Waals surface area contributed by atoms with E-state index in [2.05, 4.69) is 120 Å². The largest absolute Gasteiger partial charge is 0.494 e. The first-order valence-electron chi connectivity index (χ1n) is 12.5. The lowest BCUT2D eigenvalue weighted by Crippen LogP contribution is -2.41. The first-order chi connectivity index (χ1) is 16.7. The Morgan fingerprint density at radius 1 is 0.571 bits per heavy atom. The number of benzene rings is 5. The molecule has 0 radical (unpaired) electrons. The van der Waals surface area contributed by atoms with Crippen molar-refractivity contribution in [2.45, 2.75) is 52.7 Å². The van der Waals surface area contributed by atoms with Gasteiger partial charge in [-0.2, -0.15) is 0 Å². The highest BCUT2D eigenvalue weighted by Crippen LogP contribution is 2.43. The van der Waals surface area contributed by atoms with E-state index in [9.17, 15) is 0 Å². The third kappa shape index (κ3) is 3.33. The van der Waals surface area contributed by atoms with Gasteiger partial charge < -0.3 is 9.31 Å². The molecule has 5 aromatic rings. The van der Waals surface area contributed by atoms with Crippen LogP contribution in [0.3, 0.4) is 0 Å². The van der Waals surface area contributed by atoms with Gasteiger partial charge in [-0.1, -0.05) is 78.9 Å². The van der Waals surface area contributed by atoms with Crippen molar-refractivity contribution in [3.63, 3.8) is 0 Å². The lowest BCUT2D eigenvalue weighted by molar-refractivity contribution is 0.00578. The predicted octanol–water partition coefficient (Wildman–Crippen LogP) is 7.73. The monoisotopic (exact) mass is 458 g/mol. The number of aryl methyl sites for hydroxylation is 2. The summed E-state index contributed by atoms with van der Waals surface area (Å²) >= 11 is 0. The van der Waals surface area contributed by atoms with Crippen LogP contribution >= 0.6 is 0 Å². The van der Waals surface area contributed by atoms with Crippen LogP contribution in [0, 0.1) is 13.8 Å².